The van der Waals surface area contributed by atoms with Gasteiger partial charge in [-0.3, -0.25) is 4.79 Å². The van der Waals surface area contributed by atoms with Gasteiger partial charge in [0.2, 0.25) is 5.91 Å². The van der Waals surface area contributed by atoms with Gasteiger partial charge in [0.15, 0.2) is 0 Å². The lowest BCUT2D eigenvalue weighted by Gasteiger charge is -2.49. The summed E-state index contributed by atoms with van der Waals surface area (Å²) in [7, 11) is 0. The lowest BCUT2D eigenvalue weighted by atomic mass is 9.58. The molecule has 0 aliphatic heterocycles. The summed E-state index contributed by atoms with van der Waals surface area (Å²) in [5, 5.41) is 4.07. The second kappa shape index (κ2) is 9.96. The van der Waals surface area contributed by atoms with Crippen LogP contribution in [0.15, 0.2) is 24.3 Å². The third-order valence-corrected chi connectivity index (χ3v) is 6.17. The van der Waals surface area contributed by atoms with Gasteiger partial charge in [-0.25, -0.2) is 0 Å². The second-order valence-corrected chi connectivity index (χ2v) is 8.56. The first kappa shape index (κ1) is 23.3. The molecule has 2 rings (SSSR count). The summed E-state index contributed by atoms with van der Waals surface area (Å²) in [6, 6.07) is 7.82. The predicted octanol–water partition coefficient (Wildman–Crippen LogP) is 5.09. The van der Waals surface area contributed by atoms with Gasteiger partial charge in [0.25, 0.3) is 0 Å². The Morgan fingerprint density at radius 1 is 1.23 bits per heavy atom. The summed E-state index contributed by atoms with van der Waals surface area (Å²) in [6.07, 6.45) is 5.27. The highest BCUT2D eigenvalue weighted by atomic mass is 35.5. The number of halogens is 2. The van der Waals surface area contributed by atoms with Gasteiger partial charge in [0.1, 0.15) is 0 Å². The first-order valence-electron chi connectivity index (χ1n) is 9.62. The van der Waals surface area contributed by atoms with Gasteiger partial charge >= 0.3 is 0 Å². The second-order valence-electron chi connectivity index (χ2n) is 8.12. The van der Waals surface area contributed by atoms with E-state index in [9.17, 15) is 4.79 Å². The third-order valence-electron chi connectivity index (χ3n) is 5.92. The molecule has 1 amide bonds. The normalized spacial score (nSPS) is 19.0. The van der Waals surface area contributed by atoms with Crippen molar-refractivity contribution in [2.45, 2.75) is 77.3 Å². The molecular formula is C21H34Cl2N2O. The molecule has 1 saturated carbocycles. The van der Waals surface area contributed by atoms with Crippen LogP contribution in [0.3, 0.4) is 0 Å². The average molecular weight is 401 g/mol. The number of amides is 1. The molecule has 3 atom stereocenters. The monoisotopic (exact) mass is 400 g/mol. The molecule has 3 nitrogen and oxygen atoms in total. The first-order chi connectivity index (χ1) is 11.8. The Kier molecular flexibility index (Phi) is 8.92. The average Bonchev–Trinajstić information content (AvgIpc) is 2.53. The predicted molar refractivity (Wildman–Crippen MR) is 113 cm³/mol. The maximum Gasteiger partial charge on any atom is 0.237 e. The Balaban J connectivity index is 0.00000338. The Hall–Kier alpha value is -0.770. The van der Waals surface area contributed by atoms with Crippen molar-refractivity contribution in [1.29, 1.82) is 0 Å². The molecule has 0 aromatic heterocycles. The van der Waals surface area contributed by atoms with Crippen LogP contribution in [-0.4, -0.2) is 18.0 Å². The molecule has 148 valence electrons. The van der Waals surface area contributed by atoms with Crippen LogP contribution in [0.4, 0.5) is 0 Å². The van der Waals surface area contributed by atoms with Crippen molar-refractivity contribution in [2.75, 3.05) is 0 Å². The SMILES string of the molecule is CC[C@@H](C)[C@@H](N)C(=O)N[C@@H](CC(C)C)C1(c2ccc(Cl)cc2)CCC1.Cl. The molecule has 0 heterocycles. The molecule has 0 bridgehead atoms. The van der Waals surface area contributed by atoms with Crippen molar-refractivity contribution in [3.63, 3.8) is 0 Å². The molecule has 0 saturated heterocycles. The van der Waals surface area contributed by atoms with Crippen LogP contribution in [0.5, 0.6) is 0 Å². The summed E-state index contributed by atoms with van der Waals surface area (Å²) in [5.74, 6) is 0.683. The first-order valence-corrected chi connectivity index (χ1v) is 10.00. The zero-order valence-corrected chi connectivity index (χ0v) is 18.0. The number of carbonyl (C=O) groups excluding carboxylic acids is 1. The molecule has 3 N–H and O–H groups in total. The Labute approximate surface area is 169 Å². The van der Waals surface area contributed by atoms with E-state index >= 15 is 0 Å². The number of benzene rings is 1. The van der Waals surface area contributed by atoms with E-state index in [2.05, 4.69) is 38.2 Å². The summed E-state index contributed by atoms with van der Waals surface area (Å²) in [6.45, 7) is 8.54. The van der Waals surface area contributed by atoms with Gasteiger partial charge in [-0.15, -0.1) is 12.4 Å². The van der Waals surface area contributed by atoms with Crippen molar-refractivity contribution in [3.8, 4) is 0 Å². The highest BCUT2D eigenvalue weighted by Gasteiger charge is 2.46. The molecule has 1 aliphatic carbocycles. The third kappa shape index (κ3) is 5.15. The van der Waals surface area contributed by atoms with Crippen LogP contribution in [0.1, 0.15) is 65.4 Å². The maximum absolute atomic E-state index is 12.8. The molecule has 1 aliphatic rings. The van der Waals surface area contributed by atoms with Gasteiger partial charge < -0.3 is 11.1 Å². The Morgan fingerprint density at radius 3 is 2.23 bits per heavy atom. The zero-order valence-electron chi connectivity index (χ0n) is 16.4. The van der Waals surface area contributed by atoms with Crippen molar-refractivity contribution >= 4 is 29.9 Å². The lowest BCUT2D eigenvalue weighted by Crippen LogP contribution is -2.58. The van der Waals surface area contributed by atoms with E-state index in [4.69, 9.17) is 17.3 Å². The highest BCUT2D eigenvalue weighted by Crippen LogP contribution is 2.48. The maximum atomic E-state index is 12.8. The zero-order chi connectivity index (χ0) is 18.6. The summed E-state index contributed by atoms with van der Waals surface area (Å²) in [5.41, 5.74) is 7.48. The minimum Gasteiger partial charge on any atom is -0.351 e. The van der Waals surface area contributed by atoms with Crippen molar-refractivity contribution in [1.82, 2.24) is 5.32 Å². The molecular weight excluding hydrogens is 367 g/mol. The fourth-order valence-corrected chi connectivity index (χ4v) is 3.98. The number of hydrogen-bond acceptors (Lipinski definition) is 2. The fourth-order valence-electron chi connectivity index (χ4n) is 3.85. The molecule has 26 heavy (non-hydrogen) atoms. The standard InChI is InChI=1S/C21H33ClN2O.ClH/c1-5-15(4)19(23)20(25)24-18(13-14(2)3)21(11-6-12-21)16-7-9-17(22)10-8-16;/h7-10,14-15,18-19H,5-6,11-13,23H2,1-4H3,(H,24,25);1H/t15-,18+,19-;/m1./s1. The number of carbonyl (C=O) groups is 1. The van der Waals surface area contributed by atoms with Crippen molar-refractivity contribution < 1.29 is 4.79 Å². The van der Waals surface area contributed by atoms with Crippen molar-refractivity contribution in [3.05, 3.63) is 34.9 Å². The summed E-state index contributed by atoms with van der Waals surface area (Å²) in [4.78, 5) is 12.8. The van der Waals surface area contributed by atoms with E-state index in [0.29, 0.717) is 5.92 Å². The van der Waals surface area contributed by atoms with Gasteiger partial charge in [-0.2, -0.15) is 0 Å². The minimum atomic E-state index is -0.443. The van der Waals surface area contributed by atoms with Crippen LogP contribution in [0, 0.1) is 11.8 Å². The molecule has 0 unspecified atom stereocenters. The summed E-state index contributed by atoms with van der Waals surface area (Å²) < 4.78 is 0. The van der Waals surface area contributed by atoms with E-state index < -0.39 is 6.04 Å². The number of nitrogens with two attached hydrogens (primary N) is 1. The van der Waals surface area contributed by atoms with Crippen LogP contribution in [0.2, 0.25) is 5.02 Å². The molecule has 1 aromatic carbocycles. The van der Waals surface area contributed by atoms with Gasteiger partial charge in [-0.1, -0.05) is 64.3 Å². The van der Waals surface area contributed by atoms with Gasteiger partial charge in [0.05, 0.1) is 6.04 Å². The molecule has 1 fully saturated rings. The van der Waals surface area contributed by atoms with E-state index in [0.717, 1.165) is 30.7 Å². The molecule has 1 aromatic rings. The molecule has 0 radical (unpaired) electrons. The number of hydrogen-bond donors (Lipinski definition) is 2. The summed E-state index contributed by atoms with van der Waals surface area (Å²) >= 11 is 6.08. The molecule has 5 heteroatoms. The van der Waals surface area contributed by atoms with E-state index in [1.54, 1.807) is 0 Å². The Morgan fingerprint density at radius 2 is 1.81 bits per heavy atom. The topological polar surface area (TPSA) is 55.1 Å². The van der Waals surface area contributed by atoms with Crippen molar-refractivity contribution in [2.24, 2.45) is 17.6 Å². The largest absolute Gasteiger partial charge is 0.351 e. The van der Waals surface area contributed by atoms with Crippen LogP contribution < -0.4 is 11.1 Å². The van der Waals surface area contributed by atoms with Crippen LogP contribution >= 0.6 is 24.0 Å². The Bertz CT molecular complexity index is 570. The number of rotatable bonds is 8. The van der Waals surface area contributed by atoms with Gasteiger partial charge in [-0.05, 0) is 48.8 Å². The molecule has 0 spiro atoms. The van der Waals surface area contributed by atoms with Crippen LogP contribution in [-0.2, 0) is 10.2 Å². The smallest absolute Gasteiger partial charge is 0.237 e. The minimum absolute atomic E-state index is 0. The van der Waals surface area contributed by atoms with E-state index in [1.165, 1.54) is 12.0 Å². The fraction of sp³-hybridized carbons (Fsp3) is 0.667. The van der Waals surface area contributed by atoms with Gasteiger partial charge in [0, 0.05) is 16.5 Å². The lowest BCUT2D eigenvalue weighted by molar-refractivity contribution is -0.125. The highest BCUT2D eigenvalue weighted by molar-refractivity contribution is 6.30. The van der Waals surface area contributed by atoms with E-state index in [-0.39, 0.29) is 35.7 Å². The quantitative estimate of drug-likeness (QED) is 0.638. The number of nitrogens with one attached hydrogen (secondary N) is 1. The van der Waals surface area contributed by atoms with E-state index in [1.807, 2.05) is 19.1 Å². The van der Waals surface area contributed by atoms with Crippen LogP contribution in [0.25, 0.3) is 0 Å².